The molecule has 0 atom stereocenters. The zero-order valence-electron chi connectivity index (χ0n) is 10.1. The molecule has 1 aromatic rings. The van der Waals surface area contributed by atoms with Crippen molar-refractivity contribution in [2.24, 2.45) is 5.73 Å². The van der Waals surface area contributed by atoms with Crippen LogP contribution in [0, 0.1) is 0 Å². The number of ether oxygens (including phenoxy) is 2. The van der Waals surface area contributed by atoms with Crippen LogP contribution < -0.4 is 15.2 Å². The molecule has 0 aliphatic heterocycles. The zero-order valence-corrected chi connectivity index (χ0v) is 10.9. The number of benzene rings is 1. The Bertz CT molecular complexity index is 378. The number of nitrogens with two attached hydrogens (primary N) is 1. The highest BCUT2D eigenvalue weighted by atomic mass is 35.5. The third-order valence-corrected chi connectivity index (χ3v) is 2.90. The van der Waals surface area contributed by atoms with Gasteiger partial charge in [0.15, 0.2) is 11.5 Å². The van der Waals surface area contributed by atoms with Crippen LogP contribution in [-0.2, 0) is 5.41 Å². The van der Waals surface area contributed by atoms with Gasteiger partial charge in [0.25, 0.3) is 0 Å². The van der Waals surface area contributed by atoms with Crippen LogP contribution in [0.25, 0.3) is 0 Å². The predicted molar refractivity (Wildman–Crippen MR) is 66.6 cm³/mol. The second kappa shape index (κ2) is 4.93. The fourth-order valence-corrected chi connectivity index (χ4v) is 1.75. The van der Waals surface area contributed by atoms with Gasteiger partial charge in [0.1, 0.15) is 0 Å². The minimum absolute atomic E-state index is 0.205. The van der Waals surface area contributed by atoms with Crippen LogP contribution in [0.5, 0.6) is 11.5 Å². The van der Waals surface area contributed by atoms with Crippen molar-refractivity contribution in [3.05, 3.63) is 22.7 Å². The molecular formula is C12H18ClNO2. The van der Waals surface area contributed by atoms with Gasteiger partial charge in [-0.2, -0.15) is 0 Å². The van der Waals surface area contributed by atoms with Gasteiger partial charge in [-0.1, -0.05) is 25.4 Å². The monoisotopic (exact) mass is 243 g/mol. The second-order valence-electron chi connectivity index (χ2n) is 4.28. The molecule has 4 heteroatoms. The van der Waals surface area contributed by atoms with E-state index in [1.807, 2.05) is 19.9 Å². The van der Waals surface area contributed by atoms with Gasteiger partial charge in [0.05, 0.1) is 14.2 Å². The maximum absolute atomic E-state index is 6.04. The summed E-state index contributed by atoms with van der Waals surface area (Å²) in [6.07, 6.45) is 0. The Kier molecular flexibility index (Phi) is 4.05. The van der Waals surface area contributed by atoms with Gasteiger partial charge in [0, 0.05) is 28.6 Å². The van der Waals surface area contributed by atoms with E-state index in [-0.39, 0.29) is 5.41 Å². The van der Waals surface area contributed by atoms with Crippen LogP contribution in [0.3, 0.4) is 0 Å². The van der Waals surface area contributed by atoms with E-state index >= 15 is 0 Å². The first-order valence-electron chi connectivity index (χ1n) is 5.08. The van der Waals surface area contributed by atoms with E-state index < -0.39 is 0 Å². The van der Waals surface area contributed by atoms with Crippen molar-refractivity contribution in [1.29, 1.82) is 0 Å². The van der Waals surface area contributed by atoms with E-state index in [0.29, 0.717) is 23.1 Å². The molecule has 0 spiro atoms. The van der Waals surface area contributed by atoms with Crippen molar-refractivity contribution < 1.29 is 9.47 Å². The SMILES string of the molecule is COc1cc(Cl)cc(C(C)(C)CN)c1OC. The van der Waals surface area contributed by atoms with Crippen LogP contribution in [0.2, 0.25) is 5.02 Å². The van der Waals surface area contributed by atoms with Crippen molar-refractivity contribution in [2.45, 2.75) is 19.3 Å². The Balaban J connectivity index is 3.42. The molecule has 90 valence electrons. The van der Waals surface area contributed by atoms with Crippen LogP contribution in [0.1, 0.15) is 19.4 Å². The number of hydrogen-bond donors (Lipinski definition) is 1. The average molecular weight is 244 g/mol. The van der Waals surface area contributed by atoms with Crippen molar-refractivity contribution in [3.8, 4) is 11.5 Å². The molecular weight excluding hydrogens is 226 g/mol. The normalized spacial score (nSPS) is 11.4. The first-order valence-corrected chi connectivity index (χ1v) is 5.46. The Morgan fingerprint density at radius 2 is 1.88 bits per heavy atom. The zero-order chi connectivity index (χ0) is 12.3. The molecule has 1 aromatic carbocycles. The maximum atomic E-state index is 6.04. The third kappa shape index (κ3) is 2.42. The Morgan fingerprint density at radius 3 is 2.31 bits per heavy atom. The first-order chi connectivity index (χ1) is 7.46. The average Bonchev–Trinajstić information content (AvgIpc) is 2.27. The predicted octanol–water partition coefficient (Wildman–Crippen LogP) is 2.59. The molecule has 16 heavy (non-hydrogen) atoms. The highest BCUT2D eigenvalue weighted by Crippen LogP contribution is 2.40. The highest BCUT2D eigenvalue weighted by molar-refractivity contribution is 6.30. The summed E-state index contributed by atoms with van der Waals surface area (Å²) >= 11 is 6.04. The molecule has 0 bridgehead atoms. The molecule has 0 fully saturated rings. The van der Waals surface area contributed by atoms with Crippen LogP contribution in [0.4, 0.5) is 0 Å². The van der Waals surface area contributed by atoms with Gasteiger partial charge in [-0.25, -0.2) is 0 Å². The Labute approximate surface area is 101 Å². The molecule has 0 heterocycles. The summed E-state index contributed by atoms with van der Waals surface area (Å²) in [5, 5.41) is 0.620. The third-order valence-electron chi connectivity index (χ3n) is 2.68. The van der Waals surface area contributed by atoms with Gasteiger partial charge in [0.2, 0.25) is 0 Å². The molecule has 1 rings (SSSR count). The summed E-state index contributed by atoms with van der Waals surface area (Å²) in [6.45, 7) is 4.59. The van der Waals surface area contributed by atoms with Crippen LogP contribution in [-0.4, -0.2) is 20.8 Å². The van der Waals surface area contributed by atoms with Crippen molar-refractivity contribution in [3.63, 3.8) is 0 Å². The fraction of sp³-hybridized carbons (Fsp3) is 0.500. The van der Waals surface area contributed by atoms with E-state index in [2.05, 4.69) is 0 Å². The standard InChI is InChI=1S/C12H18ClNO2/c1-12(2,7-14)9-5-8(13)6-10(15-3)11(9)16-4/h5-6H,7,14H2,1-4H3. The summed E-state index contributed by atoms with van der Waals surface area (Å²) in [5.41, 5.74) is 6.52. The minimum atomic E-state index is -0.205. The molecule has 3 nitrogen and oxygen atoms in total. The summed E-state index contributed by atoms with van der Waals surface area (Å²) < 4.78 is 10.6. The molecule has 0 unspecified atom stereocenters. The van der Waals surface area contributed by atoms with E-state index in [0.717, 1.165) is 5.56 Å². The molecule has 0 saturated carbocycles. The first kappa shape index (κ1) is 13.1. The van der Waals surface area contributed by atoms with Crippen molar-refractivity contribution in [1.82, 2.24) is 0 Å². The van der Waals surface area contributed by atoms with E-state index in [4.69, 9.17) is 26.8 Å². The summed E-state index contributed by atoms with van der Waals surface area (Å²) in [5.74, 6) is 1.33. The largest absolute Gasteiger partial charge is 0.493 e. The lowest BCUT2D eigenvalue weighted by molar-refractivity contribution is 0.343. The molecule has 0 saturated heterocycles. The molecule has 2 N–H and O–H groups in total. The lowest BCUT2D eigenvalue weighted by atomic mass is 9.84. The van der Waals surface area contributed by atoms with Gasteiger partial charge in [-0.3, -0.25) is 0 Å². The molecule has 0 aliphatic rings. The maximum Gasteiger partial charge on any atom is 0.164 e. The van der Waals surface area contributed by atoms with Crippen LogP contribution in [0.15, 0.2) is 12.1 Å². The number of rotatable bonds is 4. The van der Waals surface area contributed by atoms with Gasteiger partial charge >= 0.3 is 0 Å². The van der Waals surface area contributed by atoms with Crippen molar-refractivity contribution in [2.75, 3.05) is 20.8 Å². The van der Waals surface area contributed by atoms with E-state index in [9.17, 15) is 0 Å². The Morgan fingerprint density at radius 1 is 1.25 bits per heavy atom. The lowest BCUT2D eigenvalue weighted by Crippen LogP contribution is -2.28. The quantitative estimate of drug-likeness (QED) is 0.884. The smallest absolute Gasteiger partial charge is 0.164 e. The molecule has 0 aliphatic carbocycles. The molecule has 0 amide bonds. The van der Waals surface area contributed by atoms with Gasteiger partial charge < -0.3 is 15.2 Å². The minimum Gasteiger partial charge on any atom is -0.493 e. The van der Waals surface area contributed by atoms with Crippen LogP contribution >= 0.6 is 11.6 Å². The van der Waals surface area contributed by atoms with Crippen molar-refractivity contribution >= 4 is 11.6 Å². The topological polar surface area (TPSA) is 44.5 Å². The summed E-state index contributed by atoms with van der Waals surface area (Å²) in [7, 11) is 3.20. The fourth-order valence-electron chi connectivity index (χ4n) is 1.54. The number of halogens is 1. The number of hydrogen-bond acceptors (Lipinski definition) is 3. The van der Waals surface area contributed by atoms with E-state index in [1.165, 1.54) is 0 Å². The lowest BCUT2D eigenvalue weighted by Gasteiger charge is -2.26. The second-order valence-corrected chi connectivity index (χ2v) is 4.71. The van der Waals surface area contributed by atoms with Gasteiger partial charge in [-0.15, -0.1) is 0 Å². The highest BCUT2D eigenvalue weighted by Gasteiger charge is 2.25. The van der Waals surface area contributed by atoms with Gasteiger partial charge in [-0.05, 0) is 6.07 Å². The number of methoxy groups -OCH3 is 2. The molecule has 0 aromatic heterocycles. The van der Waals surface area contributed by atoms with E-state index in [1.54, 1.807) is 20.3 Å². The summed E-state index contributed by atoms with van der Waals surface area (Å²) in [4.78, 5) is 0. The Hall–Kier alpha value is -0.930. The summed E-state index contributed by atoms with van der Waals surface area (Å²) in [6, 6.07) is 3.60. The molecule has 0 radical (unpaired) electrons.